The fourth-order valence-corrected chi connectivity index (χ4v) is 5.60. The summed E-state index contributed by atoms with van der Waals surface area (Å²) in [7, 11) is 1.59. The minimum Gasteiger partial charge on any atom is -0.760 e. The van der Waals surface area contributed by atoms with E-state index in [4.69, 9.17) is 16.3 Å². The SMILES string of the molecule is C.CCN1CC(=O)N(CC)c2cc(Nc3ncc(Cl)c(N[C@@H]4CCCC[C@H]4NS(=O)[O-])n3)c(OC)cc2C1. The molecular formula is C25H37ClN7O4S-. The number of benzene rings is 1. The molecule has 0 saturated heterocycles. The Morgan fingerprint density at radius 3 is 2.58 bits per heavy atom. The Morgan fingerprint density at radius 1 is 1.18 bits per heavy atom. The van der Waals surface area contributed by atoms with Crippen LogP contribution in [0.15, 0.2) is 18.3 Å². The molecule has 1 unspecified atom stereocenters. The lowest BCUT2D eigenvalue weighted by Crippen LogP contribution is -2.46. The van der Waals surface area contributed by atoms with Crippen LogP contribution in [0.5, 0.6) is 5.75 Å². The second kappa shape index (κ2) is 13.5. The number of aromatic nitrogens is 2. The first-order valence-corrected chi connectivity index (χ1v) is 13.9. The molecule has 38 heavy (non-hydrogen) atoms. The molecule has 4 rings (SSSR count). The molecule has 0 bridgehead atoms. The van der Waals surface area contributed by atoms with Gasteiger partial charge in [-0.05, 0) is 44.0 Å². The van der Waals surface area contributed by atoms with E-state index < -0.39 is 11.3 Å². The number of carbonyl (C=O) groups is 1. The molecule has 2 aliphatic rings. The number of nitrogens with zero attached hydrogens (tertiary/aromatic N) is 4. The molecule has 0 spiro atoms. The minimum absolute atomic E-state index is 0. The number of hydrogen-bond acceptors (Lipinski definition) is 9. The van der Waals surface area contributed by atoms with Gasteiger partial charge >= 0.3 is 0 Å². The zero-order valence-corrected chi connectivity index (χ0v) is 22.8. The Labute approximate surface area is 232 Å². The van der Waals surface area contributed by atoms with Crippen molar-refractivity contribution in [2.75, 3.05) is 42.3 Å². The van der Waals surface area contributed by atoms with Crippen LogP contribution in [0.3, 0.4) is 0 Å². The largest absolute Gasteiger partial charge is 0.760 e. The lowest BCUT2D eigenvalue weighted by atomic mass is 9.91. The summed E-state index contributed by atoms with van der Waals surface area (Å²) in [6, 6.07) is 3.43. The van der Waals surface area contributed by atoms with E-state index in [-0.39, 0.29) is 31.4 Å². The van der Waals surface area contributed by atoms with Crippen molar-refractivity contribution >= 4 is 51.9 Å². The van der Waals surface area contributed by atoms with Crippen molar-refractivity contribution in [1.29, 1.82) is 0 Å². The zero-order chi connectivity index (χ0) is 26.5. The number of amides is 1. The highest BCUT2D eigenvalue weighted by Gasteiger charge is 2.28. The van der Waals surface area contributed by atoms with Crippen LogP contribution in [-0.4, -0.2) is 68.4 Å². The molecule has 1 saturated carbocycles. The summed E-state index contributed by atoms with van der Waals surface area (Å²) in [5.41, 5.74) is 2.44. The van der Waals surface area contributed by atoms with Gasteiger partial charge in [0.1, 0.15) is 10.8 Å². The summed E-state index contributed by atoms with van der Waals surface area (Å²) in [6.07, 6.45) is 4.93. The van der Waals surface area contributed by atoms with E-state index >= 15 is 0 Å². The van der Waals surface area contributed by atoms with Crippen molar-refractivity contribution in [3.8, 4) is 5.75 Å². The molecule has 1 amide bonds. The number of likely N-dealkylation sites (N-methyl/N-ethyl adjacent to an activating group) is 2. The number of anilines is 4. The van der Waals surface area contributed by atoms with Crippen molar-refractivity contribution in [3.05, 3.63) is 28.9 Å². The lowest BCUT2D eigenvalue weighted by Gasteiger charge is -2.33. The first-order chi connectivity index (χ1) is 17.8. The topological polar surface area (TPSA) is 135 Å². The molecule has 2 aromatic rings. The Kier molecular flexibility index (Phi) is 10.7. The van der Waals surface area contributed by atoms with Gasteiger partial charge in [0.05, 0.1) is 31.2 Å². The zero-order valence-electron chi connectivity index (χ0n) is 21.3. The van der Waals surface area contributed by atoms with Crippen LogP contribution >= 0.6 is 11.6 Å². The number of rotatable bonds is 9. The van der Waals surface area contributed by atoms with Gasteiger partial charge in [0.25, 0.3) is 0 Å². The minimum atomic E-state index is -2.36. The Bertz CT molecular complexity index is 1150. The van der Waals surface area contributed by atoms with Gasteiger partial charge in [-0.3, -0.25) is 13.9 Å². The maximum atomic E-state index is 12.9. The van der Waals surface area contributed by atoms with Crippen LogP contribution in [0.2, 0.25) is 5.02 Å². The fourth-order valence-electron chi connectivity index (χ4n) is 4.93. The van der Waals surface area contributed by atoms with Crippen molar-refractivity contribution in [1.82, 2.24) is 19.6 Å². The number of ether oxygens (including phenoxy) is 1. The highest BCUT2D eigenvalue weighted by Crippen LogP contribution is 2.37. The van der Waals surface area contributed by atoms with Gasteiger partial charge in [-0.15, -0.1) is 0 Å². The maximum Gasteiger partial charge on any atom is 0.241 e. The van der Waals surface area contributed by atoms with Crippen LogP contribution in [0.4, 0.5) is 23.1 Å². The first kappa shape index (κ1) is 30.0. The number of halogens is 1. The van der Waals surface area contributed by atoms with Gasteiger partial charge < -0.3 is 24.8 Å². The van der Waals surface area contributed by atoms with Crippen LogP contribution in [0, 0.1) is 0 Å². The van der Waals surface area contributed by atoms with E-state index in [0.717, 1.165) is 43.5 Å². The van der Waals surface area contributed by atoms with Crippen LogP contribution < -0.4 is 25.0 Å². The molecule has 2 heterocycles. The molecule has 1 aliphatic heterocycles. The number of hydrogen-bond donors (Lipinski definition) is 3. The predicted octanol–water partition coefficient (Wildman–Crippen LogP) is 3.81. The Hall–Kier alpha value is -2.51. The molecular weight excluding hydrogens is 530 g/mol. The van der Waals surface area contributed by atoms with E-state index in [1.165, 1.54) is 6.20 Å². The third kappa shape index (κ3) is 6.92. The predicted molar refractivity (Wildman–Crippen MR) is 151 cm³/mol. The monoisotopic (exact) mass is 566 g/mol. The quantitative estimate of drug-likeness (QED) is 0.387. The third-order valence-electron chi connectivity index (χ3n) is 6.84. The van der Waals surface area contributed by atoms with Crippen molar-refractivity contribution in [2.45, 2.75) is 65.6 Å². The first-order valence-electron chi connectivity index (χ1n) is 12.5. The molecule has 11 nitrogen and oxygen atoms in total. The summed E-state index contributed by atoms with van der Waals surface area (Å²) < 4.78 is 30.7. The fraction of sp³-hybridized carbons (Fsp3) is 0.560. The molecule has 13 heteroatoms. The van der Waals surface area contributed by atoms with Crippen LogP contribution in [0.1, 0.15) is 52.5 Å². The number of methoxy groups -OCH3 is 1. The van der Waals surface area contributed by atoms with Gasteiger partial charge in [0, 0.05) is 36.4 Å². The average molecular weight is 567 g/mol. The van der Waals surface area contributed by atoms with Crippen molar-refractivity contribution < 1.29 is 18.3 Å². The van der Waals surface area contributed by atoms with Crippen LogP contribution in [0.25, 0.3) is 0 Å². The molecule has 1 aromatic carbocycles. The summed E-state index contributed by atoms with van der Waals surface area (Å²) in [5.74, 6) is 1.34. The van der Waals surface area contributed by atoms with E-state index in [1.54, 1.807) is 12.0 Å². The average Bonchev–Trinajstić information content (AvgIpc) is 3.01. The molecule has 210 valence electrons. The van der Waals surface area contributed by atoms with Crippen molar-refractivity contribution in [2.24, 2.45) is 0 Å². The van der Waals surface area contributed by atoms with Gasteiger partial charge in [0.2, 0.25) is 11.9 Å². The smallest absolute Gasteiger partial charge is 0.241 e. The standard InChI is InChI=1S/C24H34ClN7O4S.CH4/c1-4-31-13-15-10-21(36-3)19(11-20(15)32(5-2)22(33)14-31)28-24-26-12-16(25)23(29-24)27-17-8-6-7-9-18(17)30-37(34)35;/h10-12,17-18,30H,4-9,13-14H2,1-3H3,(H,34,35)(H2,26,27,28,29);1H4/p-1/t17-,18-;/m1./s1. The summed E-state index contributed by atoms with van der Waals surface area (Å²) in [4.78, 5) is 25.7. The van der Waals surface area contributed by atoms with E-state index in [2.05, 4.69) is 30.2 Å². The highest BCUT2D eigenvalue weighted by atomic mass is 35.5. The van der Waals surface area contributed by atoms with Gasteiger partial charge in [-0.1, -0.05) is 38.8 Å². The number of fused-ring (bicyclic) bond motifs is 1. The second-order valence-electron chi connectivity index (χ2n) is 9.13. The van der Waals surface area contributed by atoms with Crippen LogP contribution in [-0.2, 0) is 22.6 Å². The maximum absolute atomic E-state index is 12.9. The van der Waals surface area contributed by atoms with Gasteiger partial charge in [-0.2, -0.15) is 4.98 Å². The lowest BCUT2D eigenvalue weighted by molar-refractivity contribution is -0.119. The van der Waals surface area contributed by atoms with E-state index in [0.29, 0.717) is 41.9 Å². The second-order valence-corrected chi connectivity index (χ2v) is 10.2. The van der Waals surface area contributed by atoms with Gasteiger partial charge in [-0.25, -0.2) is 9.71 Å². The Balaban J connectivity index is 0.00000400. The molecule has 3 atom stereocenters. The summed E-state index contributed by atoms with van der Waals surface area (Å²) >= 11 is 4.04. The van der Waals surface area contributed by atoms with Gasteiger partial charge in [0.15, 0.2) is 5.82 Å². The third-order valence-corrected chi connectivity index (χ3v) is 7.61. The van der Waals surface area contributed by atoms with Crippen molar-refractivity contribution in [3.63, 3.8) is 0 Å². The molecule has 3 N–H and O–H groups in total. The molecule has 1 aliphatic carbocycles. The number of carbonyl (C=O) groups excluding carboxylic acids is 1. The summed E-state index contributed by atoms with van der Waals surface area (Å²) in [6.45, 7) is 6.30. The molecule has 1 aromatic heterocycles. The summed E-state index contributed by atoms with van der Waals surface area (Å²) in [5, 5.41) is 6.85. The van der Waals surface area contributed by atoms with E-state index in [1.807, 2.05) is 26.0 Å². The van der Waals surface area contributed by atoms with E-state index in [9.17, 15) is 13.6 Å². The number of nitrogens with one attached hydrogen (secondary N) is 3. The molecule has 1 fully saturated rings. The Morgan fingerprint density at radius 2 is 1.92 bits per heavy atom. The molecule has 0 radical (unpaired) electrons. The highest BCUT2D eigenvalue weighted by molar-refractivity contribution is 7.77. The normalized spacial score (nSPS) is 20.7.